The number of nitrogens with one attached hydrogen (secondary N) is 3. The van der Waals surface area contributed by atoms with E-state index < -0.39 is 46.8 Å². The van der Waals surface area contributed by atoms with Gasteiger partial charge in [-0.05, 0) is 40.3 Å². The predicted octanol–water partition coefficient (Wildman–Crippen LogP) is -3.46. The summed E-state index contributed by atoms with van der Waals surface area (Å²) in [5.74, 6) is -2.30. The average Bonchev–Trinajstić information content (AvgIpc) is 3.82. The van der Waals surface area contributed by atoms with Crippen LogP contribution in [0.4, 0.5) is 16.4 Å². The molecule has 47 heavy (non-hydrogen) atoms. The second-order valence-corrected chi connectivity index (χ2v) is 13.7. The Kier molecular flexibility index (Phi) is 11.0. The Morgan fingerprint density at radius 1 is 1.28 bits per heavy atom. The minimum absolute atomic E-state index is 0. The number of urea groups is 1. The molecule has 6 rings (SSSR count). The molecule has 3 aromatic rings. The molecule has 0 radical (unpaired) electrons. The molecule has 0 aromatic carbocycles. The molecule has 2 unspecified atom stereocenters. The Hall–Kier alpha value is -3.43. The number of H-pyrrole nitrogens is 1. The molecule has 4 amide bonds. The van der Waals surface area contributed by atoms with Gasteiger partial charge in [0.25, 0.3) is 11.5 Å². The van der Waals surface area contributed by atoms with E-state index in [1.54, 1.807) is 24.6 Å². The zero-order valence-electron chi connectivity index (χ0n) is 25.2. The Bertz CT molecular complexity index is 1760. The van der Waals surface area contributed by atoms with Gasteiger partial charge in [0.05, 0.1) is 17.9 Å². The van der Waals surface area contributed by atoms with Crippen LogP contribution in [0.2, 0.25) is 0 Å². The smallest absolute Gasteiger partial charge is 0.543 e. The van der Waals surface area contributed by atoms with Crippen molar-refractivity contribution in [3.8, 4) is 0 Å². The molecular formula is C26H28N11NaO6S3. The van der Waals surface area contributed by atoms with Crippen LogP contribution in [-0.2, 0) is 21.4 Å². The number of hydrogen-bond donors (Lipinski definition) is 4. The molecule has 5 N–H and O–H groups in total. The largest absolute Gasteiger partial charge is 1.00 e. The summed E-state index contributed by atoms with van der Waals surface area (Å²) in [6, 6.07) is -0.200. The van der Waals surface area contributed by atoms with Crippen molar-refractivity contribution in [2.24, 2.45) is 12.8 Å². The first-order chi connectivity index (χ1) is 22.1. The van der Waals surface area contributed by atoms with E-state index in [0.717, 1.165) is 46.8 Å². The number of aromatic nitrogens is 6. The standard InChI is InChI=1S/C26H29N11O6S3.Na/c1-35-26(32-33-34-35)46-11-12-10-45-22-16(21(40)37(22)17(12)23(41)42)30-20(39)18(15-7-4-8-44-15)36(24(27)43)14-9-28-25(31-19(14)38)29-13-5-2-3-6-13;/h4,7-9,13,16,18,22H,2-3,5-6,10-11H2,1H3,(H2,27,43)(H,30,39)(H,41,42)(H2,28,29,31,38);/q;+1/p-1/t16?,18?,22-;/m1./s1. The fourth-order valence-electron chi connectivity index (χ4n) is 5.61. The topological polar surface area (TPSA) is 237 Å². The maximum atomic E-state index is 13.9. The third kappa shape index (κ3) is 7.07. The quantitative estimate of drug-likeness (QED) is 0.0862. The summed E-state index contributed by atoms with van der Waals surface area (Å²) >= 11 is 3.63. The molecular weight excluding hydrogens is 682 g/mol. The summed E-state index contributed by atoms with van der Waals surface area (Å²) in [5, 5.41) is 30.6. The van der Waals surface area contributed by atoms with Crippen molar-refractivity contribution in [2.45, 2.75) is 54.3 Å². The number of thiophene rings is 1. The average molecular weight is 710 g/mol. The summed E-state index contributed by atoms with van der Waals surface area (Å²) in [5.41, 5.74) is 4.98. The number of nitrogens with two attached hydrogens (primary N) is 1. The predicted molar refractivity (Wildman–Crippen MR) is 166 cm³/mol. The SMILES string of the molecule is Cn1nnnc1SCC1=C(C(=O)[O-])N2C(=O)C(NC(=O)C(c3cccs3)N(C(N)=O)c3cnc(NC4CCCC4)[nH]c3=O)[C@H]2SC1.[Na+]. The van der Waals surface area contributed by atoms with Crippen molar-refractivity contribution in [1.29, 1.82) is 0 Å². The van der Waals surface area contributed by atoms with Gasteiger partial charge in [0, 0.05) is 29.5 Å². The van der Waals surface area contributed by atoms with Crippen LogP contribution in [0, 0.1) is 0 Å². The van der Waals surface area contributed by atoms with E-state index in [2.05, 4.69) is 36.1 Å². The van der Waals surface area contributed by atoms with E-state index >= 15 is 0 Å². The summed E-state index contributed by atoms with van der Waals surface area (Å²) in [4.78, 5) is 74.7. The maximum Gasteiger partial charge on any atom is 1.00 e. The van der Waals surface area contributed by atoms with Crippen LogP contribution in [0.15, 0.2) is 44.9 Å². The minimum Gasteiger partial charge on any atom is -0.543 e. The molecule has 3 atom stereocenters. The van der Waals surface area contributed by atoms with Gasteiger partial charge in [-0.3, -0.25) is 29.2 Å². The van der Waals surface area contributed by atoms with Gasteiger partial charge in [0.15, 0.2) is 6.04 Å². The van der Waals surface area contributed by atoms with Crippen molar-refractivity contribution < 1.29 is 53.8 Å². The monoisotopic (exact) mass is 709 g/mol. The summed E-state index contributed by atoms with van der Waals surface area (Å²) in [7, 11) is 1.65. The first kappa shape index (κ1) is 34.9. The number of aromatic amines is 1. The second-order valence-electron chi connectivity index (χ2n) is 10.7. The van der Waals surface area contributed by atoms with Gasteiger partial charge >= 0.3 is 35.6 Å². The number of carboxylic acid groups (broad SMARTS) is 1. The number of rotatable bonds is 11. The molecule has 1 saturated heterocycles. The molecule has 2 aliphatic heterocycles. The molecule has 5 heterocycles. The molecule has 1 aliphatic carbocycles. The van der Waals surface area contributed by atoms with E-state index in [9.17, 15) is 29.1 Å². The van der Waals surface area contributed by atoms with Gasteiger partial charge < -0.3 is 26.3 Å². The summed E-state index contributed by atoms with van der Waals surface area (Å²) < 4.78 is 1.44. The number of anilines is 2. The Morgan fingerprint density at radius 2 is 2.04 bits per heavy atom. The zero-order chi connectivity index (χ0) is 32.5. The third-order valence-electron chi connectivity index (χ3n) is 7.79. The van der Waals surface area contributed by atoms with Crippen LogP contribution in [0.3, 0.4) is 0 Å². The van der Waals surface area contributed by atoms with Gasteiger partial charge in [-0.15, -0.1) is 28.2 Å². The number of amides is 4. The third-order valence-corrected chi connectivity index (χ3v) is 11.1. The number of tetrazole rings is 1. The molecule has 0 spiro atoms. The Morgan fingerprint density at radius 3 is 2.66 bits per heavy atom. The minimum atomic E-state index is -1.52. The van der Waals surface area contributed by atoms with Crippen molar-refractivity contribution in [2.75, 3.05) is 21.7 Å². The van der Waals surface area contributed by atoms with Crippen molar-refractivity contribution in [3.05, 3.63) is 50.2 Å². The normalized spacial score (nSPS) is 19.8. The van der Waals surface area contributed by atoms with Crippen molar-refractivity contribution in [3.63, 3.8) is 0 Å². The number of hydrogen-bond acceptors (Lipinski definition) is 14. The first-order valence-electron chi connectivity index (χ1n) is 14.2. The fourth-order valence-corrected chi connectivity index (χ4v) is 8.76. The van der Waals surface area contributed by atoms with Crippen LogP contribution in [0.5, 0.6) is 0 Å². The molecule has 0 bridgehead atoms. The number of carbonyl (C=O) groups excluding carboxylic acids is 4. The molecule has 1 saturated carbocycles. The van der Waals surface area contributed by atoms with E-state index in [1.807, 2.05) is 0 Å². The first-order valence-corrected chi connectivity index (χ1v) is 17.1. The number of aryl methyl sites for hydroxylation is 1. The number of nitrogens with zero attached hydrogens (tertiary/aromatic N) is 7. The molecule has 3 aromatic heterocycles. The number of aliphatic carboxylic acids is 1. The van der Waals surface area contributed by atoms with Gasteiger partial charge in [-0.2, -0.15) is 0 Å². The van der Waals surface area contributed by atoms with E-state index in [-0.39, 0.29) is 64.4 Å². The molecule has 3 aliphatic rings. The molecule has 2 fully saturated rings. The Labute approximate surface area is 301 Å². The molecule has 21 heteroatoms. The number of carbonyl (C=O) groups is 4. The van der Waals surface area contributed by atoms with E-state index in [1.165, 1.54) is 34.4 Å². The maximum absolute atomic E-state index is 13.9. The van der Waals surface area contributed by atoms with Gasteiger partial charge in [-0.25, -0.2) is 14.5 Å². The summed E-state index contributed by atoms with van der Waals surface area (Å²) in [6.07, 6.45) is 5.20. The number of fused-ring (bicyclic) bond motifs is 1. The van der Waals surface area contributed by atoms with Crippen LogP contribution in [-0.4, -0.2) is 87.9 Å². The molecule has 17 nitrogen and oxygen atoms in total. The van der Waals surface area contributed by atoms with Crippen molar-refractivity contribution >= 4 is 70.3 Å². The van der Waals surface area contributed by atoms with Crippen LogP contribution < -0.4 is 61.5 Å². The van der Waals surface area contributed by atoms with Crippen molar-refractivity contribution in [1.82, 2.24) is 40.4 Å². The van der Waals surface area contributed by atoms with Crippen LogP contribution in [0.1, 0.15) is 36.6 Å². The number of carboxylic acids is 1. The fraction of sp³-hybridized carbons (Fsp3) is 0.423. The molecule has 242 valence electrons. The van der Waals surface area contributed by atoms with Gasteiger partial charge in [0.1, 0.15) is 17.1 Å². The number of thioether (sulfide) groups is 2. The van der Waals surface area contributed by atoms with E-state index in [0.29, 0.717) is 15.6 Å². The van der Waals surface area contributed by atoms with E-state index in [4.69, 9.17) is 5.73 Å². The number of primary amides is 1. The zero-order valence-corrected chi connectivity index (χ0v) is 29.7. The number of β-lactam (4-membered cyclic amide) rings is 1. The van der Waals surface area contributed by atoms with Gasteiger partial charge in [0.2, 0.25) is 17.0 Å². The van der Waals surface area contributed by atoms with Crippen LogP contribution >= 0.6 is 34.9 Å². The summed E-state index contributed by atoms with van der Waals surface area (Å²) in [6.45, 7) is 0. The second kappa shape index (κ2) is 14.8. The van der Waals surface area contributed by atoms with Crippen LogP contribution in [0.25, 0.3) is 0 Å². The van der Waals surface area contributed by atoms with Gasteiger partial charge in [-0.1, -0.05) is 30.7 Å². The Balaban J connectivity index is 0.00000433.